The van der Waals surface area contributed by atoms with Crippen LogP contribution in [-0.4, -0.2) is 62.9 Å². The molecular weight excluding hydrogens is 698 g/mol. The Morgan fingerprint density at radius 3 is 2.35 bits per heavy atom. The predicted octanol–water partition coefficient (Wildman–Crippen LogP) is 6.47. The second-order valence-corrected chi connectivity index (χ2v) is 10.9. The monoisotopic (exact) mass is 747 g/mol. The van der Waals surface area contributed by atoms with Crippen molar-refractivity contribution < 1.29 is 29.4 Å². The van der Waals surface area contributed by atoms with Gasteiger partial charge in [-0.2, -0.15) is 6.42 Å². The molecule has 0 aliphatic rings. The average molecular weight is 746 g/mol. The Morgan fingerprint density at radius 1 is 1.07 bits per heavy atom. The van der Waals surface area contributed by atoms with E-state index < -0.39 is 0 Å². The number of aryl methyl sites for hydroxylation is 3. The molecule has 0 saturated heterocycles. The Labute approximate surface area is 260 Å². The molecule has 40 heavy (non-hydrogen) atoms. The molecule has 2 N–H and O–H groups in total. The Balaban J connectivity index is 0.00000800. The minimum Gasteiger partial charge on any atom is -0.399 e. The molecular formula is C32H48ClN4O2Os. The number of oxime groups is 1. The number of nitrogens with one attached hydrogen (secondary N) is 2. The van der Waals surface area contributed by atoms with Crippen LogP contribution in [0.4, 0.5) is 0 Å². The molecule has 0 fully saturated rings. The summed E-state index contributed by atoms with van der Waals surface area (Å²) in [5.74, 6) is -0.0939. The van der Waals surface area contributed by atoms with Gasteiger partial charge in [0.1, 0.15) is 7.11 Å². The summed E-state index contributed by atoms with van der Waals surface area (Å²) in [6.07, 6.45) is 5.05. The molecule has 8 heteroatoms. The summed E-state index contributed by atoms with van der Waals surface area (Å²) in [5.41, 5.74) is 5.70. The van der Waals surface area contributed by atoms with Gasteiger partial charge in [-0.25, -0.2) is 0 Å². The predicted molar refractivity (Wildman–Crippen MR) is 165 cm³/mol. The first-order valence-electron chi connectivity index (χ1n) is 14.1. The number of amides is 1. The van der Waals surface area contributed by atoms with Crippen molar-refractivity contribution >= 4 is 23.2 Å². The van der Waals surface area contributed by atoms with Gasteiger partial charge in [0, 0.05) is 29.6 Å². The van der Waals surface area contributed by atoms with Gasteiger partial charge in [0.25, 0.3) is 5.91 Å². The van der Waals surface area contributed by atoms with E-state index in [9.17, 15) is 4.79 Å². The normalized spacial score (nSPS) is 12.9. The van der Waals surface area contributed by atoms with E-state index in [0.717, 1.165) is 84.7 Å². The molecule has 0 spiro atoms. The van der Waals surface area contributed by atoms with Gasteiger partial charge >= 0.3 is 19.8 Å². The number of rotatable bonds is 17. The Hall–Kier alpha value is -1.77. The number of hydrogen-bond acceptors (Lipinski definition) is 5. The van der Waals surface area contributed by atoms with Crippen LogP contribution in [0.5, 0.6) is 0 Å². The topological polar surface area (TPSA) is 66.0 Å². The maximum absolute atomic E-state index is 13.3. The van der Waals surface area contributed by atoms with Crippen LogP contribution in [0, 0.1) is 27.7 Å². The fourth-order valence-electron chi connectivity index (χ4n) is 4.83. The number of hydrogen-bond donors (Lipinski definition) is 2. The first-order chi connectivity index (χ1) is 18.7. The van der Waals surface area contributed by atoms with E-state index in [4.69, 9.17) is 16.4 Å². The van der Waals surface area contributed by atoms with Crippen LogP contribution in [0.15, 0.2) is 41.6 Å². The summed E-state index contributed by atoms with van der Waals surface area (Å²) >= 11 is 6.53. The molecule has 2 rings (SSSR count). The first-order valence-corrected chi connectivity index (χ1v) is 14.5. The van der Waals surface area contributed by atoms with Crippen molar-refractivity contribution in [3.05, 3.63) is 76.2 Å². The molecule has 1 radical (unpaired) electrons. The second-order valence-electron chi connectivity index (χ2n) is 10.5. The van der Waals surface area contributed by atoms with Crippen molar-refractivity contribution in [3.63, 3.8) is 0 Å². The van der Waals surface area contributed by atoms with Crippen LogP contribution in [0.2, 0.25) is 5.02 Å². The van der Waals surface area contributed by atoms with Crippen LogP contribution < -0.4 is 10.6 Å². The maximum atomic E-state index is 13.3. The number of unbranched alkanes of at least 4 members (excludes halogenated alkanes) is 1. The van der Waals surface area contributed by atoms with Gasteiger partial charge in [0.2, 0.25) is 0 Å². The first kappa shape index (κ1) is 36.3. The molecule has 2 unspecified atom stereocenters. The molecule has 0 bridgehead atoms. The van der Waals surface area contributed by atoms with Crippen molar-refractivity contribution in [3.8, 4) is 0 Å². The second kappa shape index (κ2) is 19.4. The summed E-state index contributed by atoms with van der Waals surface area (Å²) in [7, 11) is 3.37. The van der Waals surface area contributed by atoms with Crippen LogP contribution in [0.25, 0.3) is 0 Å². The van der Waals surface area contributed by atoms with Crippen molar-refractivity contribution in [2.75, 3.05) is 40.3 Å². The van der Waals surface area contributed by atoms with Gasteiger partial charge in [-0.1, -0.05) is 59.4 Å². The van der Waals surface area contributed by atoms with E-state index in [0.29, 0.717) is 18.2 Å². The van der Waals surface area contributed by atoms with Crippen molar-refractivity contribution in [2.45, 2.75) is 71.8 Å². The number of carbonyl (C=O) groups is 1. The van der Waals surface area contributed by atoms with Crippen molar-refractivity contribution in [1.29, 1.82) is 0 Å². The summed E-state index contributed by atoms with van der Waals surface area (Å²) in [4.78, 5) is 20.3. The minimum absolute atomic E-state index is 0. The van der Waals surface area contributed by atoms with Gasteiger partial charge in [-0.15, -0.1) is 0 Å². The van der Waals surface area contributed by atoms with E-state index in [-0.39, 0.29) is 31.6 Å². The molecule has 0 aliphatic heterocycles. The fourth-order valence-corrected chi connectivity index (χ4v) is 5.02. The quantitative estimate of drug-likeness (QED) is 0.0844. The van der Waals surface area contributed by atoms with Crippen molar-refractivity contribution in [2.24, 2.45) is 5.16 Å². The molecule has 6 nitrogen and oxygen atoms in total. The summed E-state index contributed by atoms with van der Waals surface area (Å²) in [6.45, 7) is 15.3. The van der Waals surface area contributed by atoms with E-state index >= 15 is 0 Å². The largest absolute Gasteiger partial charge is 1.00 e. The maximum Gasteiger partial charge on any atom is 1.00 e. The molecule has 2 aromatic carbocycles. The molecule has 2 atom stereocenters. The van der Waals surface area contributed by atoms with E-state index in [1.54, 1.807) is 12.0 Å². The zero-order valence-electron chi connectivity index (χ0n) is 25.1. The van der Waals surface area contributed by atoms with Gasteiger partial charge in [0.15, 0.2) is 0 Å². The summed E-state index contributed by atoms with van der Waals surface area (Å²) < 4.78 is 0. The van der Waals surface area contributed by atoms with Gasteiger partial charge in [-0.3, -0.25) is 4.79 Å². The van der Waals surface area contributed by atoms with Crippen molar-refractivity contribution in [1.82, 2.24) is 15.5 Å². The molecule has 1 amide bonds. The molecule has 0 heterocycles. The minimum atomic E-state index is -0.0535. The zero-order valence-corrected chi connectivity index (χ0v) is 28.4. The third-order valence-electron chi connectivity index (χ3n) is 7.06. The summed E-state index contributed by atoms with van der Waals surface area (Å²) in [6, 6.07) is 12.6. The average Bonchev–Trinajstić information content (AvgIpc) is 2.90. The van der Waals surface area contributed by atoms with E-state index in [1.165, 1.54) is 0 Å². The van der Waals surface area contributed by atoms with Gasteiger partial charge < -0.3 is 27.3 Å². The smallest absolute Gasteiger partial charge is 0.399 e. The van der Waals surface area contributed by atoms with Crippen LogP contribution in [0.1, 0.15) is 77.6 Å². The Morgan fingerprint density at radius 2 is 1.75 bits per heavy atom. The Kier molecular flexibility index (Phi) is 17.6. The molecule has 223 valence electrons. The number of halogens is 1. The SMILES string of the molecule is [CH2-]CCCNC(CC)CCNCCC(/C(CN(C)C(=O)c1cc(C)cc(C)c1)=N/OC)c1ccc(C)c(Cl)c1.[Os+]. The van der Waals surface area contributed by atoms with Gasteiger partial charge in [-0.05, 0) is 89.0 Å². The van der Waals surface area contributed by atoms with Crippen LogP contribution in [0.3, 0.4) is 0 Å². The van der Waals surface area contributed by atoms with Crippen LogP contribution >= 0.6 is 11.6 Å². The summed E-state index contributed by atoms with van der Waals surface area (Å²) in [5, 5.41) is 12.4. The number of nitrogens with zero attached hydrogens (tertiary/aromatic N) is 2. The van der Waals surface area contributed by atoms with Gasteiger partial charge in [0.05, 0.1) is 12.3 Å². The molecule has 2 aromatic rings. The third-order valence-corrected chi connectivity index (χ3v) is 7.46. The fraction of sp³-hybridized carbons (Fsp3) is 0.531. The molecule has 0 aromatic heterocycles. The number of benzene rings is 2. The third kappa shape index (κ3) is 12.0. The molecule has 0 saturated carbocycles. The zero-order chi connectivity index (χ0) is 28.8. The van der Waals surface area contributed by atoms with E-state index in [1.807, 2.05) is 52.1 Å². The standard InChI is InChI=1S/C32H48ClN4O2.Os/c1-8-10-15-35-28(9-2)13-16-34-17-14-29(26-12-11-25(5)30(33)21-26)31(36-39-7)22-37(6)32(38)27-19-23(3)18-24(4)20-27;/h11-12,18-21,28-29,34-35H,1,8-10,13-17,22H2,2-7H3;/q-1;+1/b36-31+;. The van der Waals surface area contributed by atoms with E-state index in [2.05, 4.69) is 41.8 Å². The van der Waals surface area contributed by atoms with Crippen LogP contribution in [-0.2, 0) is 24.6 Å². The molecule has 0 aliphatic carbocycles. The number of carbonyl (C=O) groups excluding carboxylic acids is 1. The Bertz CT molecular complexity index is 1060.